The first-order valence-electron chi connectivity index (χ1n) is 8.71. The zero-order chi connectivity index (χ0) is 17.7. The van der Waals surface area contributed by atoms with E-state index in [1.807, 2.05) is 13.0 Å². The van der Waals surface area contributed by atoms with Gasteiger partial charge < -0.3 is 10.6 Å². The quantitative estimate of drug-likeness (QED) is 0.758. The van der Waals surface area contributed by atoms with Crippen LogP contribution in [0.1, 0.15) is 52.4 Å². The number of rotatable bonds is 6. The van der Waals surface area contributed by atoms with Gasteiger partial charge in [-0.25, -0.2) is 9.97 Å². The number of hydrogen-bond donors (Lipinski definition) is 2. The highest BCUT2D eigenvalue weighted by molar-refractivity contribution is 5.59. The molecule has 1 aromatic heterocycles. The van der Waals surface area contributed by atoms with Crippen molar-refractivity contribution in [3.05, 3.63) is 41.7 Å². The second kappa shape index (κ2) is 7.65. The van der Waals surface area contributed by atoms with Gasteiger partial charge in [0.25, 0.3) is 0 Å². The molecule has 0 aliphatic carbocycles. The first kappa shape index (κ1) is 18.2. The van der Waals surface area contributed by atoms with E-state index in [0.717, 1.165) is 36.1 Å². The van der Waals surface area contributed by atoms with Crippen molar-refractivity contribution in [3.63, 3.8) is 0 Å². The third-order valence-electron chi connectivity index (χ3n) is 3.89. The van der Waals surface area contributed by atoms with Gasteiger partial charge in [-0.15, -0.1) is 0 Å². The smallest absolute Gasteiger partial charge is 0.136 e. The van der Waals surface area contributed by atoms with E-state index in [1.54, 1.807) is 0 Å². The first-order chi connectivity index (χ1) is 11.2. The van der Waals surface area contributed by atoms with Crippen LogP contribution in [0.3, 0.4) is 0 Å². The maximum atomic E-state index is 4.48. The summed E-state index contributed by atoms with van der Waals surface area (Å²) in [5.74, 6) is 3.13. The second-order valence-corrected chi connectivity index (χ2v) is 7.75. The van der Waals surface area contributed by atoms with Crippen molar-refractivity contribution in [2.24, 2.45) is 5.92 Å². The Hall–Kier alpha value is -2.10. The lowest BCUT2D eigenvalue weighted by Crippen LogP contribution is -2.10. The predicted molar refractivity (Wildman–Crippen MR) is 103 cm³/mol. The molecule has 0 bridgehead atoms. The van der Waals surface area contributed by atoms with Gasteiger partial charge in [0.15, 0.2) is 0 Å². The average molecular weight is 326 g/mol. The summed E-state index contributed by atoms with van der Waals surface area (Å²) in [6.07, 6.45) is 1.13. The van der Waals surface area contributed by atoms with Crippen molar-refractivity contribution < 1.29 is 0 Å². The molecule has 24 heavy (non-hydrogen) atoms. The van der Waals surface area contributed by atoms with Crippen LogP contribution < -0.4 is 10.6 Å². The van der Waals surface area contributed by atoms with E-state index < -0.39 is 0 Å². The lowest BCUT2D eigenvalue weighted by atomic mass is 9.87. The van der Waals surface area contributed by atoms with E-state index in [-0.39, 0.29) is 5.41 Å². The minimum atomic E-state index is 0.164. The molecule has 4 heteroatoms. The standard InChI is InChI=1S/C20H30N4/c1-14(2)11-12-21-18-13-19(23-15(3)22-18)24-17-9-7-16(8-10-17)20(4,5)6/h7-10,13-14H,11-12H2,1-6H3,(H2,21,22,23,24). The fraction of sp³-hybridized carbons (Fsp3) is 0.500. The molecule has 2 rings (SSSR count). The molecule has 0 saturated carbocycles. The topological polar surface area (TPSA) is 49.8 Å². The third kappa shape index (κ3) is 5.52. The molecule has 0 aliphatic heterocycles. The predicted octanol–water partition coefficient (Wildman–Crippen LogP) is 5.28. The van der Waals surface area contributed by atoms with E-state index in [1.165, 1.54) is 5.56 Å². The fourth-order valence-corrected chi connectivity index (χ4v) is 2.41. The lowest BCUT2D eigenvalue weighted by molar-refractivity contribution is 0.590. The SMILES string of the molecule is Cc1nc(NCCC(C)C)cc(Nc2ccc(C(C)(C)C)cc2)n1. The summed E-state index contributed by atoms with van der Waals surface area (Å²) in [6.45, 7) is 14.0. The Balaban J connectivity index is 2.07. The molecule has 0 amide bonds. The Morgan fingerprint density at radius 2 is 1.62 bits per heavy atom. The Kier molecular flexibility index (Phi) is 5.81. The van der Waals surface area contributed by atoms with E-state index in [9.17, 15) is 0 Å². The maximum absolute atomic E-state index is 4.48. The van der Waals surface area contributed by atoms with Gasteiger partial charge in [-0.1, -0.05) is 46.8 Å². The molecule has 2 aromatic rings. The van der Waals surface area contributed by atoms with E-state index >= 15 is 0 Å². The molecule has 0 atom stereocenters. The van der Waals surface area contributed by atoms with Gasteiger partial charge in [0, 0.05) is 18.3 Å². The van der Waals surface area contributed by atoms with Crippen molar-refractivity contribution in [2.45, 2.75) is 53.4 Å². The lowest BCUT2D eigenvalue weighted by Gasteiger charge is -2.19. The minimum Gasteiger partial charge on any atom is -0.370 e. The zero-order valence-electron chi connectivity index (χ0n) is 15.8. The molecule has 1 heterocycles. The van der Waals surface area contributed by atoms with Crippen molar-refractivity contribution in [1.29, 1.82) is 0 Å². The van der Waals surface area contributed by atoms with Gasteiger partial charge >= 0.3 is 0 Å². The van der Waals surface area contributed by atoms with E-state index in [4.69, 9.17) is 0 Å². The highest BCUT2D eigenvalue weighted by Crippen LogP contribution is 2.25. The molecule has 0 radical (unpaired) electrons. The number of aryl methyl sites for hydroxylation is 1. The summed E-state index contributed by atoms with van der Waals surface area (Å²) < 4.78 is 0. The van der Waals surface area contributed by atoms with Crippen LogP contribution in [-0.2, 0) is 5.41 Å². The highest BCUT2D eigenvalue weighted by Gasteiger charge is 2.13. The highest BCUT2D eigenvalue weighted by atomic mass is 15.1. The van der Waals surface area contributed by atoms with Crippen LogP contribution in [0, 0.1) is 12.8 Å². The Labute approximate surface area is 146 Å². The van der Waals surface area contributed by atoms with Crippen molar-refractivity contribution in [2.75, 3.05) is 17.2 Å². The van der Waals surface area contributed by atoms with Crippen LogP contribution in [0.25, 0.3) is 0 Å². The molecule has 1 aromatic carbocycles. The third-order valence-corrected chi connectivity index (χ3v) is 3.89. The van der Waals surface area contributed by atoms with Crippen LogP contribution in [0.5, 0.6) is 0 Å². The van der Waals surface area contributed by atoms with Crippen LogP contribution in [0.2, 0.25) is 0 Å². The largest absolute Gasteiger partial charge is 0.370 e. The Morgan fingerprint density at radius 3 is 2.21 bits per heavy atom. The summed E-state index contributed by atoms with van der Waals surface area (Å²) >= 11 is 0. The number of hydrogen-bond acceptors (Lipinski definition) is 4. The molecule has 0 aliphatic rings. The molecule has 0 fully saturated rings. The Morgan fingerprint density at radius 1 is 1.00 bits per heavy atom. The summed E-state index contributed by atoms with van der Waals surface area (Å²) in [6, 6.07) is 10.5. The van der Waals surface area contributed by atoms with Crippen LogP contribution in [0.4, 0.5) is 17.3 Å². The van der Waals surface area contributed by atoms with Gasteiger partial charge in [0.1, 0.15) is 17.5 Å². The summed E-state index contributed by atoms with van der Waals surface area (Å²) in [5.41, 5.74) is 2.52. The molecule has 0 spiro atoms. The first-order valence-corrected chi connectivity index (χ1v) is 8.71. The van der Waals surface area contributed by atoms with E-state index in [0.29, 0.717) is 5.92 Å². The summed E-state index contributed by atoms with van der Waals surface area (Å²) in [5, 5.41) is 6.75. The van der Waals surface area contributed by atoms with Crippen LogP contribution >= 0.6 is 0 Å². The van der Waals surface area contributed by atoms with Crippen molar-refractivity contribution >= 4 is 17.3 Å². The number of anilines is 3. The molecule has 4 nitrogen and oxygen atoms in total. The van der Waals surface area contributed by atoms with Gasteiger partial charge in [-0.3, -0.25) is 0 Å². The summed E-state index contributed by atoms with van der Waals surface area (Å²) in [7, 11) is 0. The Bertz CT molecular complexity index is 654. The molecule has 130 valence electrons. The van der Waals surface area contributed by atoms with Gasteiger partial charge in [-0.05, 0) is 42.4 Å². The van der Waals surface area contributed by atoms with Gasteiger partial charge in [-0.2, -0.15) is 0 Å². The van der Waals surface area contributed by atoms with E-state index in [2.05, 4.69) is 79.5 Å². The van der Waals surface area contributed by atoms with Crippen LogP contribution in [0.15, 0.2) is 30.3 Å². The zero-order valence-corrected chi connectivity index (χ0v) is 15.8. The fourth-order valence-electron chi connectivity index (χ4n) is 2.41. The van der Waals surface area contributed by atoms with Gasteiger partial charge in [0.05, 0.1) is 0 Å². The number of aromatic nitrogens is 2. The maximum Gasteiger partial charge on any atom is 0.136 e. The van der Waals surface area contributed by atoms with Crippen molar-refractivity contribution in [1.82, 2.24) is 9.97 Å². The van der Waals surface area contributed by atoms with Crippen molar-refractivity contribution in [3.8, 4) is 0 Å². The molecule has 0 saturated heterocycles. The van der Waals surface area contributed by atoms with Gasteiger partial charge in [0.2, 0.25) is 0 Å². The number of benzene rings is 1. The number of nitrogens with one attached hydrogen (secondary N) is 2. The normalized spacial score (nSPS) is 11.6. The molecular formula is C20H30N4. The second-order valence-electron chi connectivity index (χ2n) is 7.75. The number of nitrogens with zero attached hydrogens (tertiary/aromatic N) is 2. The van der Waals surface area contributed by atoms with Crippen LogP contribution in [-0.4, -0.2) is 16.5 Å². The molecule has 0 unspecified atom stereocenters. The monoisotopic (exact) mass is 326 g/mol. The summed E-state index contributed by atoms with van der Waals surface area (Å²) in [4.78, 5) is 8.94. The molecule has 2 N–H and O–H groups in total. The minimum absolute atomic E-state index is 0.164. The molecular weight excluding hydrogens is 296 g/mol. The average Bonchev–Trinajstić information content (AvgIpc) is 2.46.